The van der Waals surface area contributed by atoms with E-state index < -0.39 is 0 Å². The summed E-state index contributed by atoms with van der Waals surface area (Å²) in [6, 6.07) is 6.01. The predicted molar refractivity (Wildman–Crippen MR) is 86.2 cm³/mol. The van der Waals surface area contributed by atoms with E-state index in [9.17, 15) is 0 Å². The van der Waals surface area contributed by atoms with Gasteiger partial charge >= 0.3 is 0 Å². The monoisotopic (exact) mass is 310 g/mol. The number of benzene rings is 1. The van der Waals surface area contributed by atoms with E-state index in [1.807, 2.05) is 19.1 Å². The molecule has 0 saturated heterocycles. The van der Waals surface area contributed by atoms with Crippen LogP contribution in [-0.2, 0) is 17.2 Å². The highest BCUT2D eigenvalue weighted by molar-refractivity contribution is 6.16. The van der Waals surface area contributed by atoms with Gasteiger partial charge in [-0.2, -0.15) is 0 Å². The van der Waals surface area contributed by atoms with E-state index in [0.717, 1.165) is 55.2 Å². The molecule has 21 heavy (non-hydrogen) atoms. The van der Waals surface area contributed by atoms with Crippen molar-refractivity contribution in [3.63, 3.8) is 0 Å². The second kappa shape index (κ2) is 8.25. The number of imidazole rings is 1. The zero-order valence-corrected chi connectivity index (χ0v) is 13.5. The van der Waals surface area contributed by atoms with Gasteiger partial charge in [-0.15, -0.1) is 11.6 Å². The molecular weight excluding hydrogens is 288 g/mol. The van der Waals surface area contributed by atoms with Crippen LogP contribution in [0.2, 0.25) is 0 Å². The molecule has 1 aromatic carbocycles. The lowest BCUT2D eigenvalue weighted by Gasteiger charge is -2.08. The first-order chi connectivity index (χ1) is 10.3. The topological polar surface area (TPSA) is 36.3 Å². The largest absolute Gasteiger partial charge is 0.492 e. The van der Waals surface area contributed by atoms with E-state index >= 15 is 0 Å². The van der Waals surface area contributed by atoms with Crippen LogP contribution in [0.25, 0.3) is 11.0 Å². The Morgan fingerprint density at radius 1 is 1.24 bits per heavy atom. The molecular formula is C16H23ClN2O2. The van der Waals surface area contributed by atoms with Crippen molar-refractivity contribution in [3.8, 4) is 5.75 Å². The highest BCUT2D eigenvalue weighted by Gasteiger charge is 2.13. The quantitative estimate of drug-likeness (QED) is 0.519. The van der Waals surface area contributed by atoms with Crippen LogP contribution in [0.4, 0.5) is 0 Å². The molecule has 4 nitrogen and oxygen atoms in total. The Kier molecular flexibility index (Phi) is 6.33. The highest BCUT2D eigenvalue weighted by Crippen LogP contribution is 2.27. The van der Waals surface area contributed by atoms with Crippen molar-refractivity contribution in [2.24, 2.45) is 0 Å². The highest BCUT2D eigenvalue weighted by atomic mass is 35.5. The standard InChI is InChI=1S/C16H23ClN2O2/c1-3-10-20-11-6-9-19-13-7-5-8-14(21-4-2)16(13)18-15(19)12-17/h5,7-8H,3-4,6,9-12H2,1-2H3. The van der Waals surface area contributed by atoms with Gasteiger partial charge in [0, 0.05) is 19.8 Å². The fourth-order valence-corrected chi connectivity index (χ4v) is 2.57. The molecule has 2 aromatic rings. The molecule has 0 atom stereocenters. The lowest BCUT2D eigenvalue weighted by molar-refractivity contribution is 0.129. The molecule has 1 aromatic heterocycles. The summed E-state index contributed by atoms with van der Waals surface area (Å²) in [6.07, 6.45) is 2.01. The summed E-state index contributed by atoms with van der Waals surface area (Å²) in [4.78, 5) is 4.63. The molecule has 1 heterocycles. The summed E-state index contributed by atoms with van der Waals surface area (Å²) in [6.45, 7) is 7.17. The minimum atomic E-state index is 0.399. The van der Waals surface area contributed by atoms with Crippen molar-refractivity contribution in [3.05, 3.63) is 24.0 Å². The fraction of sp³-hybridized carbons (Fsp3) is 0.562. The summed E-state index contributed by atoms with van der Waals surface area (Å²) >= 11 is 6.04. The third-order valence-corrected chi connectivity index (χ3v) is 3.50. The van der Waals surface area contributed by atoms with Gasteiger partial charge in [0.2, 0.25) is 0 Å². The van der Waals surface area contributed by atoms with E-state index in [2.05, 4.69) is 22.5 Å². The van der Waals surface area contributed by atoms with Crippen LogP contribution in [0.5, 0.6) is 5.75 Å². The number of hydrogen-bond donors (Lipinski definition) is 0. The maximum absolute atomic E-state index is 6.04. The zero-order chi connectivity index (χ0) is 15.1. The smallest absolute Gasteiger partial charge is 0.147 e. The van der Waals surface area contributed by atoms with Crippen molar-refractivity contribution in [2.45, 2.75) is 39.1 Å². The zero-order valence-electron chi connectivity index (χ0n) is 12.8. The van der Waals surface area contributed by atoms with Gasteiger partial charge in [-0.1, -0.05) is 13.0 Å². The van der Waals surface area contributed by atoms with Crippen molar-refractivity contribution in [2.75, 3.05) is 19.8 Å². The molecule has 0 aliphatic heterocycles. The number of nitrogens with zero attached hydrogens (tertiary/aromatic N) is 2. The molecule has 0 unspecified atom stereocenters. The fourth-order valence-electron chi connectivity index (χ4n) is 2.36. The lowest BCUT2D eigenvalue weighted by Crippen LogP contribution is -2.06. The molecule has 0 bridgehead atoms. The number of alkyl halides is 1. The second-order valence-corrected chi connectivity index (χ2v) is 5.10. The van der Waals surface area contributed by atoms with Crippen molar-refractivity contribution >= 4 is 22.6 Å². The molecule has 0 aliphatic carbocycles. The maximum atomic E-state index is 6.04. The van der Waals surface area contributed by atoms with Crippen LogP contribution in [0.15, 0.2) is 18.2 Å². The van der Waals surface area contributed by atoms with E-state index in [-0.39, 0.29) is 0 Å². The number of fused-ring (bicyclic) bond motifs is 1. The Labute approximate surface area is 131 Å². The van der Waals surface area contributed by atoms with E-state index in [1.165, 1.54) is 0 Å². The van der Waals surface area contributed by atoms with Crippen LogP contribution >= 0.6 is 11.6 Å². The number of ether oxygens (including phenoxy) is 2. The van der Waals surface area contributed by atoms with Crippen LogP contribution in [0, 0.1) is 0 Å². The molecule has 116 valence electrons. The van der Waals surface area contributed by atoms with Crippen molar-refractivity contribution in [1.82, 2.24) is 9.55 Å². The molecule has 2 rings (SSSR count). The number of halogens is 1. The molecule has 0 spiro atoms. The molecule has 0 radical (unpaired) electrons. The van der Waals surface area contributed by atoms with Crippen LogP contribution in [-0.4, -0.2) is 29.4 Å². The minimum absolute atomic E-state index is 0.399. The second-order valence-electron chi connectivity index (χ2n) is 4.84. The van der Waals surface area contributed by atoms with Gasteiger partial charge < -0.3 is 14.0 Å². The Balaban J connectivity index is 2.19. The van der Waals surface area contributed by atoms with E-state index in [4.69, 9.17) is 21.1 Å². The molecule has 0 saturated carbocycles. The number of hydrogen-bond acceptors (Lipinski definition) is 3. The molecule has 0 N–H and O–H groups in total. The van der Waals surface area contributed by atoms with E-state index in [0.29, 0.717) is 12.5 Å². The first kappa shape index (κ1) is 16.1. The van der Waals surface area contributed by atoms with Crippen molar-refractivity contribution in [1.29, 1.82) is 0 Å². The first-order valence-corrected chi connectivity index (χ1v) is 8.09. The number of aromatic nitrogens is 2. The maximum Gasteiger partial charge on any atom is 0.147 e. The average Bonchev–Trinajstić information content (AvgIpc) is 2.86. The van der Waals surface area contributed by atoms with Gasteiger partial charge in [0.25, 0.3) is 0 Å². The van der Waals surface area contributed by atoms with Gasteiger partial charge in [0.1, 0.15) is 17.1 Å². The third-order valence-electron chi connectivity index (χ3n) is 3.26. The first-order valence-electron chi connectivity index (χ1n) is 7.56. The van der Waals surface area contributed by atoms with Crippen molar-refractivity contribution < 1.29 is 9.47 Å². The Morgan fingerprint density at radius 3 is 2.81 bits per heavy atom. The van der Waals surface area contributed by atoms with E-state index in [1.54, 1.807) is 0 Å². The summed E-state index contributed by atoms with van der Waals surface area (Å²) in [5, 5.41) is 0. The van der Waals surface area contributed by atoms with Crippen LogP contribution < -0.4 is 4.74 Å². The van der Waals surface area contributed by atoms with Gasteiger partial charge in [-0.05, 0) is 31.9 Å². The van der Waals surface area contributed by atoms with Crippen LogP contribution in [0.3, 0.4) is 0 Å². The van der Waals surface area contributed by atoms with Gasteiger partial charge in [0.15, 0.2) is 0 Å². The molecule has 0 amide bonds. The molecule has 0 aliphatic rings. The number of para-hydroxylation sites is 1. The summed E-state index contributed by atoms with van der Waals surface area (Å²) in [5.74, 6) is 2.10. The Bertz CT molecular complexity index is 569. The molecule has 0 fully saturated rings. The normalized spacial score (nSPS) is 11.2. The third kappa shape index (κ3) is 3.89. The van der Waals surface area contributed by atoms with Gasteiger partial charge in [-0.3, -0.25) is 0 Å². The van der Waals surface area contributed by atoms with Gasteiger partial charge in [0.05, 0.1) is 18.0 Å². The van der Waals surface area contributed by atoms with Crippen LogP contribution in [0.1, 0.15) is 32.5 Å². The lowest BCUT2D eigenvalue weighted by atomic mass is 10.3. The summed E-state index contributed by atoms with van der Waals surface area (Å²) in [5.41, 5.74) is 1.97. The SMILES string of the molecule is CCCOCCCn1c(CCl)nc2c(OCC)cccc21. The summed E-state index contributed by atoms with van der Waals surface area (Å²) < 4.78 is 13.4. The Morgan fingerprint density at radius 2 is 2.10 bits per heavy atom. The van der Waals surface area contributed by atoms with Gasteiger partial charge in [-0.25, -0.2) is 4.98 Å². The average molecular weight is 311 g/mol. The number of aryl methyl sites for hydroxylation is 1. The predicted octanol–water partition coefficient (Wildman–Crippen LogP) is 3.99. The Hall–Kier alpha value is -1.26. The summed E-state index contributed by atoms with van der Waals surface area (Å²) in [7, 11) is 0. The molecule has 5 heteroatoms. The number of rotatable bonds is 9. The minimum Gasteiger partial charge on any atom is -0.492 e.